The molecule has 0 fully saturated rings. The molecule has 0 saturated heterocycles. The van der Waals surface area contributed by atoms with Crippen molar-refractivity contribution in [1.82, 2.24) is 9.97 Å². The zero-order chi connectivity index (χ0) is 10.0. The molecule has 1 aromatic heterocycles. The molecule has 0 saturated carbocycles. The predicted octanol–water partition coefficient (Wildman–Crippen LogP) is -0.891. The molecule has 6 nitrogen and oxygen atoms in total. The standard InChI is InChI=1S/C6H4N2O4S/c9-4-2(1-13)3(5(10)11)7-6(12)8-4/h1H,(H,10,11)(H2,7,8,9,12). The monoisotopic (exact) mass is 200 g/mol. The number of aromatic carboxylic acids is 1. The van der Waals surface area contributed by atoms with Gasteiger partial charge in [-0.25, -0.2) is 9.59 Å². The Morgan fingerprint density at radius 3 is 2.46 bits per heavy atom. The number of carboxylic acid groups (broad SMARTS) is 1. The molecule has 0 aromatic carbocycles. The van der Waals surface area contributed by atoms with E-state index in [2.05, 4.69) is 12.2 Å². The summed E-state index contributed by atoms with van der Waals surface area (Å²) in [5.74, 6) is -1.40. The van der Waals surface area contributed by atoms with E-state index in [4.69, 9.17) is 5.11 Å². The average Bonchev–Trinajstić information content (AvgIpc) is 2.02. The van der Waals surface area contributed by atoms with E-state index in [0.29, 0.717) is 0 Å². The van der Waals surface area contributed by atoms with Gasteiger partial charge in [0.1, 0.15) is 5.69 Å². The van der Waals surface area contributed by atoms with Gasteiger partial charge >= 0.3 is 11.7 Å². The first-order valence-corrected chi connectivity index (χ1v) is 3.58. The summed E-state index contributed by atoms with van der Waals surface area (Å²) < 4.78 is 0. The Morgan fingerprint density at radius 1 is 1.38 bits per heavy atom. The molecule has 0 atom stereocenters. The summed E-state index contributed by atoms with van der Waals surface area (Å²) in [6.07, 6.45) is 0. The van der Waals surface area contributed by atoms with Crippen molar-refractivity contribution in [1.29, 1.82) is 0 Å². The highest BCUT2D eigenvalue weighted by Crippen LogP contribution is 1.93. The fourth-order valence-corrected chi connectivity index (χ4v) is 1.00. The number of aromatic nitrogens is 2. The van der Waals surface area contributed by atoms with Crippen LogP contribution < -0.4 is 11.2 Å². The number of nitrogens with one attached hydrogen (secondary N) is 2. The highest BCUT2D eigenvalue weighted by Gasteiger charge is 2.12. The molecule has 0 bridgehead atoms. The van der Waals surface area contributed by atoms with Gasteiger partial charge < -0.3 is 10.1 Å². The van der Waals surface area contributed by atoms with Crippen LogP contribution in [0.15, 0.2) is 9.59 Å². The minimum Gasteiger partial charge on any atom is -0.477 e. The average molecular weight is 200 g/mol. The zero-order valence-corrected chi connectivity index (χ0v) is 6.97. The lowest BCUT2D eigenvalue weighted by atomic mass is 10.2. The first-order valence-electron chi connectivity index (χ1n) is 3.11. The molecule has 7 heteroatoms. The van der Waals surface area contributed by atoms with Crippen LogP contribution in [-0.2, 0) is 0 Å². The summed E-state index contributed by atoms with van der Waals surface area (Å²) >= 11 is 4.43. The van der Waals surface area contributed by atoms with Crippen molar-refractivity contribution in [3.8, 4) is 0 Å². The number of carboxylic acids is 1. The smallest absolute Gasteiger partial charge is 0.353 e. The van der Waals surface area contributed by atoms with Gasteiger partial charge in [0.15, 0.2) is 0 Å². The molecule has 68 valence electrons. The van der Waals surface area contributed by atoms with Crippen molar-refractivity contribution in [3.05, 3.63) is 32.1 Å². The van der Waals surface area contributed by atoms with Gasteiger partial charge in [-0.2, -0.15) is 0 Å². The third kappa shape index (κ3) is 1.70. The molecular formula is C6H4N2O4S. The SMILES string of the molecule is O=C(O)c1[nH]c(=O)[nH]c(=O)c1C=S. The molecule has 0 radical (unpaired) electrons. The van der Waals surface area contributed by atoms with Crippen LogP contribution in [0.25, 0.3) is 0 Å². The number of aromatic amines is 2. The van der Waals surface area contributed by atoms with Gasteiger partial charge in [0.05, 0.1) is 5.56 Å². The fraction of sp³-hybridized carbons (Fsp3) is 0. The van der Waals surface area contributed by atoms with E-state index in [1.54, 1.807) is 0 Å². The quantitative estimate of drug-likeness (QED) is 0.537. The Kier molecular flexibility index (Phi) is 2.38. The fourth-order valence-electron chi connectivity index (χ4n) is 0.777. The van der Waals surface area contributed by atoms with Crippen LogP contribution >= 0.6 is 12.2 Å². The van der Waals surface area contributed by atoms with Crippen molar-refractivity contribution in [3.63, 3.8) is 0 Å². The van der Waals surface area contributed by atoms with E-state index in [1.165, 1.54) is 0 Å². The molecule has 1 rings (SSSR count). The van der Waals surface area contributed by atoms with E-state index >= 15 is 0 Å². The largest absolute Gasteiger partial charge is 0.477 e. The van der Waals surface area contributed by atoms with Crippen LogP contribution in [0.3, 0.4) is 0 Å². The summed E-state index contributed by atoms with van der Waals surface area (Å²) in [5, 5.41) is 9.46. The van der Waals surface area contributed by atoms with Crippen LogP contribution in [0.5, 0.6) is 0 Å². The maximum Gasteiger partial charge on any atom is 0.353 e. The molecule has 0 aliphatic heterocycles. The molecule has 0 spiro atoms. The lowest BCUT2D eigenvalue weighted by Gasteiger charge is -1.96. The lowest BCUT2D eigenvalue weighted by Crippen LogP contribution is -2.29. The topological polar surface area (TPSA) is 103 Å². The maximum atomic E-state index is 11.0. The van der Waals surface area contributed by atoms with Crippen molar-refractivity contribution in [2.45, 2.75) is 0 Å². The Bertz CT molecular complexity index is 472. The molecule has 0 unspecified atom stereocenters. The lowest BCUT2D eigenvalue weighted by molar-refractivity contribution is 0.0689. The maximum absolute atomic E-state index is 11.0. The van der Waals surface area contributed by atoms with Gasteiger partial charge in [0, 0.05) is 5.37 Å². The van der Waals surface area contributed by atoms with E-state index in [-0.39, 0.29) is 5.56 Å². The Labute approximate surface area is 76.2 Å². The summed E-state index contributed by atoms with van der Waals surface area (Å²) in [5.41, 5.74) is -2.41. The van der Waals surface area contributed by atoms with Crippen LogP contribution in [0, 0.1) is 0 Å². The number of hydrogen-bond acceptors (Lipinski definition) is 4. The molecule has 0 amide bonds. The normalized spacial score (nSPS) is 9.54. The molecule has 3 N–H and O–H groups in total. The third-order valence-corrected chi connectivity index (χ3v) is 1.55. The second-order valence-corrected chi connectivity index (χ2v) is 2.36. The summed E-state index contributed by atoms with van der Waals surface area (Å²) in [4.78, 5) is 35.9. The van der Waals surface area contributed by atoms with Crippen molar-refractivity contribution < 1.29 is 9.90 Å². The second kappa shape index (κ2) is 3.31. The second-order valence-electron chi connectivity index (χ2n) is 2.12. The van der Waals surface area contributed by atoms with Gasteiger partial charge in [0.25, 0.3) is 5.56 Å². The van der Waals surface area contributed by atoms with Crippen molar-refractivity contribution >= 4 is 23.6 Å². The minimum absolute atomic E-state index is 0.234. The molecule has 0 aliphatic rings. The van der Waals surface area contributed by atoms with Crippen LogP contribution in [-0.4, -0.2) is 26.4 Å². The number of H-pyrrole nitrogens is 2. The Balaban J connectivity index is 3.66. The molecule has 1 heterocycles. The first-order chi connectivity index (χ1) is 6.06. The first kappa shape index (κ1) is 9.33. The van der Waals surface area contributed by atoms with Crippen LogP contribution in [0.2, 0.25) is 0 Å². The van der Waals surface area contributed by atoms with E-state index in [0.717, 1.165) is 5.37 Å². The number of thiocarbonyl (C=S) groups is 1. The Morgan fingerprint density at radius 2 is 2.00 bits per heavy atom. The van der Waals surface area contributed by atoms with E-state index in [1.807, 2.05) is 9.97 Å². The van der Waals surface area contributed by atoms with Crippen molar-refractivity contribution in [2.24, 2.45) is 0 Å². The minimum atomic E-state index is -1.40. The van der Waals surface area contributed by atoms with Crippen LogP contribution in [0.4, 0.5) is 0 Å². The molecule has 0 aliphatic carbocycles. The van der Waals surface area contributed by atoms with Gasteiger partial charge in [-0.15, -0.1) is 0 Å². The van der Waals surface area contributed by atoms with Gasteiger partial charge in [-0.3, -0.25) is 9.78 Å². The molecule has 13 heavy (non-hydrogen) atoms. The van der Waals surface area contributed by atoms with Gasteiger partial charge in [-0.1, -0.05) is 12.2 Å². The van der Waals surface area contributed by atoms with E-state index < -0.39 is 22.9 Å². The summed E-state index contributed by atoms with van der Waals surface area (Å²) in [7, 11) is 0. The van der Waals surface area contributed by atoms with Gasteiger partial charge in [-0.05, 0) is 0 Å². The van der Waals surface area contributed by atoms with E-state index in [9.17, 15) is 14.4 Å². The molecular weight excluding hydrogens is 196 g/mol. The number of rotatable bonds is 2. The third-order valence-electron chi connectivity index (χ3n) is 1.31. The number of carbonyl (C=O) groups is 1. The highest BCUT2D eigenvalue weighted by atomic mass is 32.1. The highest BCUT2D eigenvalue weighted by molar-refractivity contribution is 7.79. The van der Waals surface area contributed by atoms with Gasteiger partial charge in [0.2, 0.25) is 0 Å². The zero-order valence-electron chi connectivity index (χ0n) is 6.16. The Hall–Kier alpha value is -1.76. The summed E-state index contributed by atoms with van der Waals surface area (Å²) in [6.45, 7) is 0. The summed E-state index contributed by atoms with van der Waals surface area (Å²) in [6, 6.07) is 0. The van der Waals surface area contributed by atoms with Crippen molar-refractivity contribution in [2.75, 3.05) is 0 Å². The molecule has 1 aromatic rings. The number of hydrogen-bond donors (Lipinski definition) is 3. The van der Waals surface area contributed by atoms with Crippen LogP contribution in [0.1, 0.15) is 16.1 Å². The predicted molar refractivity (Wildman–Crippen MR) is 47.4 cm³/mol.